The highest BCUT2D eigenvalue weighted by Crippen LogP contribution is 2.49. The Kier molecular flexibility index (Phi) is 8.54. The molecule has 9 nitrogen and oxygen atoms in total. The van der Waals surface area contributed by atoms with Gasteiger partial charge in [0.1, 0.15) is 5.82 Å². The first-order chi connectivity index (χ1) is 22.0. The van der Waals surface area contributed by atoms with E-state index in [1.807, 2.05) is 51.1 Å². The number of ketones is 1. The van der Waals surface area contributed by atoms with E-state index < -0.39 is 14.8 Å². The predicted octanol–water partition coefficient (Wildman–Crippen LogP) is 5.56. The Morgan fingerprint density at radius 1 is 1.04 bits per heavy atom. The number of anilines is 1. The summed E-state index contributed by atoms with van der Waals surface area (Å²) in [5, 5.41) is 0.625. The van der Waals surface area contributed by atoms with Gasteiger partial charge in [0.2, 0.25) is 10.0 Å². The molecule has 0 unspecified atom stereocenters. The normalized spacial score (nSPS) is 16.6. The number of aryl methyl sites for hydroxylation is 3. The Hall–Kier alpha value is -4.02. The van der Waals surface area contributed by atoms with E-state index in [-0.39, 0.29) is 24.2 Å². The van der Waals surface area contributed by atoms with Gasteiger partial charge in [-0.3, -0.25) is 9.59 Å². The molecule has 0 atom stereocenters. The van der Waals surface area contributed by atoms with Gasteiger partial charge >= 0.3 is 0 Å². The minimum Gasteiger partial charge on any atom is -0.354 e. The van der Waals surface area contributed by atoms with Crippen molar-refractivity contribution < 1.29 is 13.2 Å². The van der Waals surface area contributed by atoms with Crippen LogP contribution in [-0.2, 0) is 16.4 Å². The van der Waals surface area contributed by atoms with E-state index in [1.165, 1.54) is 3.97 Å². The van der Waals surface area contributed by atoms with Gasteiger partial charge in [0.25, 0.3) is 5.56 Å². The third kappa shape index (κ3) is 5.73. The third-order valence-electron chi connectivity index (χ3n) is 9.81. The van der Waals surface area contributed by atoms with Crippen LogP contribution in [0.1, 0.15) is 65.3 Å². The van der Waals surface area contributed by atoms with E-state index in [2.05, 4.69) is 28.3 Å². The van der Waals surface area contributed by atoms with Crippen molar-refractivity contribution >= 4 is 32.5 Å². The number of fused-ring (bicyclic) bond motifs is 1. The number of allylic oxidation sites excluding steroid dienone is 1. The summed E-state index contributed by atoms with van der Waals surface area (Å²) in [6.45, 7) is 16.4. The number of nitrogens with zero attached hydrogens (tertiary/aromatic N) is 4. The van der Waals surface area contributed by atoms with Gasteiger partial charge in [0.15, 0.2) is 5.78 Å². The molecule has 1 aliphatic carbocycles. The number of likely N-dealkylation sites (N-methyl/N-ethyl adjacent to an activating group) is 1. The van der Waals surface area contributed by atoms with E-state index in [0.717, 1.165) is 60.9 Å². The zero-order valence-electron chi connectivity index (χ0n) is 27.2. The molecule has 10 heteroatoms. The number of piperazine rings is 1. The fourth-order valence-corrected chi connectivity index (χ4v) is 8.95. The van der Waals surface area contributed by atoms with E-state index in [0.29, 0.717) is 46.9 Å². The first-order valence-corrected chi connectivity index (χ1v) is 17.6. The van der Waals surface area contributed by atoms with Crippen LogP contribution in [0.2, 0.25) is 0 Å². The molecule has 0 spiro atoms. The molecule has 6 rings (SSSR count). The van der Waals surface area contributed by atoms with Crippen LogP contribution in [0.3, 0.4) is 0 Å². The van der Waals surface area contributed by atoms with E-state index >= 15 is 0 Å². The molecule has 1 saturated carbocycles. The van der Waals surface area contributed by atoms with E-state index in [1.54, 1.807) is 18.5 Å². The number of aromatic nitrogens is 3. The molecule has 2 aliphatic rings. The summed E-state index contributed by atoms with van der Waals surface area (Å²) in [6.07, 6.45) is 7.06. The van der Waals surface area contributed by atoms with Crippen LogP contribution in [0, 0.1) is 20.8 Å². The first-order valence-electron chi connectivity index (χ1n) is 16.2. The monoisotopic (exact) mass is 641 g/mol. The second kappa shape index (κ2) is 12.3. The van der Waals surface area contributed by atoms with Gasteiger partial charge in [-0.05, 0) is 100 Å². The van der Waals surface area contributed by atoms with Crippen molar-refractivity contribution in [1.29, 1.82) is 0 Å². The summed E-state index contributed by atoms with van der Waals surface area (Å²) < 4.78 is 28.7. The van der Waals surface area contributed by atoms with Crippen LogP contribution in [-0.4, -0.2) is 70.5 Å². The van der Waals surface area contributed by atoms with E-state index in [9.17, 15) is 18.0 Å². The minimum atomic E-state index is -3.77. The lowest BCUT2D eigenvalue weighted by atomic mass is 9.94. The Bertz CT molecular complexity index is 1980. The average molecular weight is 642 g/mol. The van der Waals surface area contributed by atoms with Gasteiger partial charge in [-0.15, -0.1) is 6.58 Å². The molecule has 1 N–H and O–H groups in total. The molecule has 0 bridgehead atoms. The number of benzene rings is 1. The van der Waals surface area contributed by atoms with Gasteiger partial charge in [-0.25, -0.2) is 17.4 Å². The topological polar surface area (TPSA) is 108 Å². The summed E-state index contributed by atoms with van der Waals surface area (Å²) in [6, 6.07) is 9.63. The van der Waals surface area contributed by atoms with Gasteiger partial charge < -0.3 is 14.8 Å². The molecule has 4 heterocycles. The summed E-state index contributed by atoms with van der Waals surface area (Å²) in [4.78, 5) is 39.0. The van der Waals surface area contributed by atoms with Gasteiger partial charge in [0, 0.05) is 72.8 Å². The fourth-order valence-electron chi connectivity index (χ4n) is 6.89. The number of nitrogens with one attached hydrogen (secondary N) is 1. The summed E-state index contributed by atoms with van der Waals surface area (Å²) in [7, 11) is -3.77. The molecule has 1 aliphatic heterocycles. The number of aromatic amines is 1. The summed E-state index contributed by atoms with van der Waals surface area (Å²) in [5.74, 6) is 0.757. The maximum Gasteiger partial charge on any atom is 0.251 e. The maximum absolute atomic E-state index is 14.1. The largest absolute Gasteiger partial charge is 0.354 e. The molecule has 46 heavy (non-hydrogen) atoms. The molecule has 0 amide bonds. The highest BCUT2D eigenvalue weighted by Gasteiger charge is 2.54. The smallest absolute Gasteiger partial charge is 0.251 e. The van der Waals surface area contributed by atoms with Crippen LogP contribution in [0.5, 0.6) is 0 Å². The quantitative estimate of drug-likeness (QED) is 0.169. The second-order valence-electron chi connectivity index (χ2n) is 12.9. The molecule has 0 radical (unpaired) electrons. The lowest BCUT2D eigenvalue weighted by molar-refractivity contribution is 0.0984. The van der Waals surface area contributed by atoms with Crippen molar-refractivity contribution in [2.24, 2.45) is 0 Å². The van der Waals surface area contributed by atoms with Gasteiger partial charge in [-0.2, -0.15) is 0 Å². The Labute approximate surface area is 271 Å². The third-order valence-corrected chi connectivity index (χ3v) is 12.3. The molecular formula is C36H43N5O4S. The number of pyridine rings is 2. The lowest BCUT2D eigenvalue weighted by Gasteiger charge is -2.34. The van der Waals surface area contributed by atoms with Crippen molar-refractivity contribution in [1.82, 2.24) is 18.8 Å². The van der Waals surface area contributed by atoms with Crippen molar-refractivity contribution in [3.8, 4) is 11.1 Å². The highest BCUT2D eigenvalue weighted by molar-refractivity contribution is 7.91. The second-order valence-corrected chi connectivity index (χ2v) is 15.1. The number of Topliss-reactive ketones (excluding diaryl/α,β-unsaturated/α-hetero) is 1. The zero-order chi connectivity index (χ0) is 32.8. The van der Waals surface area contributed by atoms with Crippen LogP contribution in [0.4, 0.5) is 5.82 Å². The number of carbonyl (C=O) groups is 1. The molecule has 1 saturated heterocycles. The van der Waals surface area contributed by atoms with Crippen LogP contribution < -0.4 is 10.5 Å². The molecule has 1 aromatic carbocycles. The van der Waals surface area contributed by atoms with Crippen LogP contribution in [0.15, 0.2) is 60.2 Å². The number of H-pyrrole nitrogens is 1. The SMILES string of the molecule is C=CCC1(S(=O)(=O)n2cc(C)c3c(C(=O)CCc4c(C)cc(C)[nH]c4=O)cc(-c4ccc(N5CCN(CC)CC5)nc4)cc32)CC1. The lowest BCUT2D eigenvalue weighted by Crippen LogP contribution is -2.46. The molecule has 3 aromatic heterocycles. The van der Waals surface area contributed by atoms with Crippen molar-refractivity contribution in [3.05, 3.63) is 93.7 Å². The van der Waals surface area contributed by atoms with Crippen molar-refractivity contribution in [3.63, 3.8) is 0 Å². The van der Waals surface area contributed by atoms with Crippen LogP contribution >= 0.6 is 0 Å². The standard InChI is InChI=1S/C36H43N5O4S/c1-6-12-36(13-14-36)46(44,45)41-23-25(4)34-30(32(42)10-9-29-24(3)19-26(5)38-35(29)43)20-28(21-31(34)41)27-8-11-33(37-22-27)40-17-15-39(7-2)16-18-40/h6,8,11,19-23H,1,7,9-10,12-18H2,2-5H3,(H,38,43). The zero-order valence-corrected chi connectivity index (χ0v) is 28.0. The predicted molar refractivity (Wildman–Crippen MR) is 185 cm³/mol. The molecule has 242 valence electrons. The maximum atomic E-state index is 14.1. The molecule has 2 fully saturated rings. The highest BCUT2D eigenvalue weighted by atomic mass is 32.2. The molecule has 4 aromatic rings. The summed E-state index contributed by atoms with van der Waals surface area (Å²) >= 11 is 0. The first kappa shape index (κ1) is 31.9. The average Bonchev–Trinajstić information content (AvgIpc) is 3.76. The molecular weight excluding hydrogens is 598 g/mol. The Morgan fingerprint density at radius 2 is 1.78 bits per heavy atom. The number of hydrogen-bond donors (Lipinski definition) is 1. The van der Waals surface area contributed by atoms with Crippen molar-refractivity contribution in [2.75, 3.05) is 37.6 Å². The minimum absolute atomic E-state index is 0.115. The van der Waals surface area contributed by atoms with Gasteiger partial charge in [-0.1, -0.05) is 13.0 Å². The number of carbonyl (C=O) groups excluding carboxylic acids is 1. The van der Waals surface area contributed by atoms with Crippen molar-refractivity contribution in [2.45, 2.75) is 64.5 Å². The number of hydrogen-bond acceptors (Lipinski definition) is 7. The van der Waals surface area contributed by atoms with Crippen LogP contribution in [0.25, 0.3) is 22.0 Å². The van der Waals surface area contributed by atoms with Gasteiger partial charge in [0.05, 0.1) is 10.3 Å². The summed E-state index contributed by atoms with van der Waals surface area (Å²) in [5.41, 5.74) is 5.20. The Morgan fingerprint density at radius 3 is 2.39 bits per heavy atom. The fraction of sp³-hybridized carbons (Fsp3) is 0.417. The Balaban J connectivity index is 1.42. The van der Waals surface area contributed by atoms with E-state index in [4.69, 9.17) is 4.98 Å². The number of rotatable bonds is 11.